The van der Waals surface area contributed by atoms with Crippen LogP contribution in [0.25, 0.3) is 0 Å². The third kappa shape index (κ3) is 6.76. The largest absolute Gasteiger partial charge is 0.483 e. The van der Waals surface area contributed by atoms with Crippen LogP contribution in [0.4, 0.5) is 0 Å². The number of hydrogen-bond acceptors (Lipinski definition) is 7. The lowest BCUT2D eigenvalue weighted by atomic mass is 10.1. The standard InChI is InChI=1S/C17H31N5O4S.CH2O2/c1-7-21-8-10-22(11-9-21)17(23)15-13(4)26-16(18-15)14(12(2)3)19-27(24,25)20(5)6;2-1-3/h12,14,19H,7-11H2,1-6H3;1H,(H,2,3)/t14-;/m1./s1. The van der Waals surface area contributed by atoms with Crippen molar-refractivity contribution in [3.8, 4) is 0 Å². The van der Waals surface area contributed by atoms with Crippen LogP contribution < -0.4 is 4.72 Å². The number of carboxylic acid groups (broad SMARTS) is 1. The summed E-state index contributed by atoms with van der Waals surface area (Å²) in [7, 11) is -0.762. The van der Waals surface area contributed by atoms with E-state index in [0.717, 1.165) is 23.9 Å². The number of piperazine rings is 1. The van der Waals surface area contributed by atoms with Gasteiger partial charge in [-0.2, -0.15) is 17.4 Å². The van der Waals surface area contributed by atoms with Gasteiger partial charge in [-0.05, 0) is 19.4 Å². The van der Waals surface area contributed by atoms with Crippen molar-refractivity contribution in [1.29, 1.82) is 0 Å². The molecule has 0 radical (unpaired) electrons. The monoisotopic (exact) mass is 447 g/mol. The highest BCUT2D eigenvalue weighted by molar-refractivity contribution is 7.87. The van der Waals surface area contributed by atoms with Gasteiger partial charge < -0.3 is 19.3 Å². The van der Waals surface area contributed by atoms with E-state index in [2.05, 4.69) is 21.5 Å². The molecule has 1 aliphatic heterocycles. The topological polar surface area (TPSA) is 136 Å². The third-order valence-electron chi connectivity index (χ3n) is 4.81. The van der Waals surface area contributed by atoms with Crippen LogP contribution in [0.2, 0.25) is 0 Å². The SMILES string of the molecule is CCN1CCN(C(=O)c2nc([C@H](NS(=O)(=O)N(C)C)C(C)C)oc2C)CC1.O=CO. The molecule has 2 rings (SSSR count). The molecule has 1 amide bonds. The molecule has 1 atom stereocenters. The van der Waals surface area contributed by atoms with Crippen molar-refractivity contribution in [3.63, 3.8) is 0 Å². The number of rotatable bonds is 7. The molecule has 2 N–H and O–H groups in total. The fourth-order valence-electron chi connectivity index (χ4n) is 2.90. The maximum Gasteiger partial charge on any atom is 0.290 e. The summed E-state index contributed by atoms with van der Waals surface area (Å²) in [6.07, 6.45) is 0. The Morgan fingerprint density at radius 3 is 2.27 bits per heavy atom. The second-order valence-electron chi connectivity index (χ2n) is 7.42. The first-order valence-corrected chi connectivity index (χ1v) is 11.2. The van der Waals surface area contributed by atoms with Gasteiger partial charge in [-0.3, -0.25) is 9.59 Å². The molecule has 1 fully saturated rings. The van der Waals surface area contributed by atoms with E-state index in [-0.39, 0.29) is 29.9 Å². The highest BCUT2D eigenvalue weighted by atomic mass is 32.2. The molecule has 0 bridgehead atoms. The van der Waals surface area contributed by atoms with Crippen molar-refractivity contribution in [2.75, 3.05) is 46.8 Å². The Bertz CT molecular complexity index is 800. The predicted octanol–water partition coefficient (Wildman–Crippen LogP) is 0.555. The highest BCUT2D eigenvalue weighted by Gasteiger charge is 2.31. The van der Waals surface area contributed by atoms with Gasteiger partial charge >= 0.3 is 0 Å². The summed E-state index contributed by atoms with van der Waals surface area (Å²) in [6.45, 7) is 11.2. The Morgan fingerprint density at radius 2 is 1.83 bits per heavy atom. The minimum atomic E-state index is -3.66. The molecule has 0 aliphatic carbocycles. The Labute approximate surface area is 178 Å². The number of oxazole rings is 1. The van der Waals surface area contributed by atoms with Crippen LogP contribution in [0, 0.1) is 12.8 Å². The molecular weight excluding hydrogens is 414 g/mol. The zero-order valence-corrected chi connectivity index (χ0v) is 19.3. The zero-order chi connectivity index (χ0) is 23.1. The van der Waals surface area contributed by atoms with Crippen molar-refractivity contribution in [3.05, 3.63) is 17.3 Å². The van der Waals surface area contributed by atoms with Crippen molar-refractivity contribution >= 4 is 22.6 Å². The van der Waals surface area contributed by atoms with Crippen LogP contribution in [-0.4, -0.2) is 91.8 Å². The maximum absolute atomic E-state index is 12.9. The molecule has 0 saturated carbocycles. The van der Waals surface area contributed by atoms with E-state index in [1.807, 2.05) is 13.8 Å². The fraction of sp³-hybridized carbons (Fsp3) is 0.722. The van der Waals surface area contributed by atoms with Crippen LogP contribution in [0.3, 0.4) is 0 Å². The molecule has 11 nitrogen and oxygen atoms in total. The second kappa shape index (κ2) is 11.4. The number of carbonyl (C=O) groups excluding carboxylic acids is 1. The summed E-state index contributed by atoms with van der Waals surface area (Å²) in [5.41, 5.74) is 0.254. The molecule has 0 unspecified atom stereocenters. The van der Waals surface area contributed by atoms with Crippen molar-refractivity contribution < 1.29 is 27.5 Å². The van der Waals surface area contributed by atoms with Gasteiger partial charge in [-0.25, -0.2) is 4.98 Å². The number of carbonyl (C=O) groups is 2. The van der Waals surface area contributed by atoms with Crippen LogP contribution in [0.5, 0.6) is 0 Å². The molecule has 1 aromatic rings. The Kier molecular flexibility index (Phi) is 9.88. The zero-order valence-electron chi connectivity index (χ0n) is 18.5. The normalized spacial score (nSPS) is 16.3. The molecule has 1 saturated heterocycles. The number of nitrogens with zero attached hydrogens (tertiary/aromatic N) is 4. The van der Waals surface area contributed by atoms with Crippen molar-refractivity contribution in [2.45, 2.75) is 33.7 Å². The van der Waals surface area contributed by atoms with E-state index < -0.39 is 16.3 Å². The van der Waals surface area contributed by atoms with Crippen LogP contribution in [0.15, 0.2) is 4.42 Å². The van der Waals surface area contributed by atoms with Crippen LogP contribution in [0.1, 0.15) is 49.0 Å². The lowest BCUT2D eigenvalue weighted by Crippen LogP contribution is -2.48. The summed E-state index contributed by atoms with van der Waals surface area (Å²) in [6, 6.07) is -0.658. The van der Waals surface area contributed by atoms with Gasteiger partial charge in [0.15, 0.2) is 5.69 Å². The summed E-state index contributed by atoms with van der Waals surface area (Å²) in [4.78, 5) is 29.6. The summed E-state index contributed by atoms with van der Waals surface area (Å²) in [5.74, 6) is 0.344. The van der Waals surface area contributed by atoms with E-state index in [1.165, 1.54) is 14.1 Å². The first kappa shape index (κ1) is 26.0. The van der Waals surface area contributed by atoms with Crippen LogP contribution in [-0.2, 0) is 15.0 Å². The van der Waals surface area contributed by atoms with Crippen LogP contribution >= 0.6 is 0 Å². The summed E-state index contributed by atoms with van der Waals surface area (Å²) in [5, 5.41) is 6.89. The Balaban J connectivity index is 0.00000141. The molecule has 0 spiro atoms. The van der Waals surface area contributed by atoms with Gasteiger partial charge in [-0.15, -0.1) is 0 Å². The maximum atomic E-state index is 12.9. The fourth-order valence-corrected chi connectivity index (χ4v) is 3.81. The number of aromatic nitrogens is 1. The van der Waals surface area contributed by atoms with Gasteiger partial charge in [0, 0.05) is 40.3 Å². The molecular formula is C18H33N5O6S. The molecule has 0 aromatic carbocycles. The highest BCUT2D eigenvalue weighted by Crippen LogP contribution is 2.25. The number of aryl methyl sites for hydroxylation is 1. The van der Waals surface area contributed by atoms with Gasteiger partial charge in [-0.1, -0.05) is 20.8 Å². The minimum Gasteiger partial charge on any atom is -0.483 e. The van der Waals surface area contributed by atoms with E-state index in [0.29, 0.717) is 18.8 Å². The average molecular weight is 448 g/mol. The summed E-state index contributed by atoms with van der Waals surface area (Å²) >= 11 is 0. The predicted molar refractivity (Wildman–Crippen MR) is 111 cm³/mol. The van der Waals surface area contributed by atoms with E-state index in [1.54, 1.807) is 11.8 Å². The molecule has 1 aliphatic rings. The second-order valence-corrected chi connectivity index (χ2v) is 9.33. The van der Waals surface area contributed by atoms with Crippen molar-refractivity contribution in [2.24, 2.45) is 5.92 Å². The number of likely N-dealkylation sites (N-methyl/N-ethyl adjacent to an activating group) is 1. The smallest absolute Gasteiger partial charge is 0.290 e. The Hall–Kier alpha value is -2.02. The first-order valence-electron chi connectivity index (χ1n) is 9.75. The quantitative estimate of drug-likeness (QED) is 0.579. The summed E-state index contributed by atoms with van der Waals surface area (Å²) < 4.78 is 33.8. The van der Waals surface area contributed by atoms with Crippen molar-refractivity contribution in [1.82, 2.24) is 23.8 Å². The number of amides is 1. The average Bonchev–Trinajstić information content (AvgIpc) is 3.07. The van der Waals surface area contributed by atoms with Gasteiger partial charge in [0.2, 0.25) is 5.89 Å². The van der Waals surface area contributed by atoms with E-state index in [9.17, 15) is 13.2 Å². The molecule has 172 valence electrons. The molecule has 30 heavy (non-hydrogen) atoms. The van der Waals surface area contributed by atoms with Gasteiger partial charge in [0.1, 0.15) is 11.8 Å². The lowest BCUT2D eigenvalue weighted by Gasteiger charge is -2.33. The molecule has 12 heteroatoms. The van der Waals surface area contributed by atoms with E-state index >= 15 is 0 Å². The number of hydrogen-bond donors (Lipinski definition) is 2. The number of nitrogens with one attached hydrogen (secondary N) is 1. The molecule has 1 aromatic heterocycles. The van der Waals surface area contributed by atoms with Gasteiger partial charge in [0.05, 0.1) is 0 Å². The van der Waals surface area contributed by atoms with E-state index in [4.69, 9.17) is 14.3 Å². The Morgan fingerprint density at radius 1 is 1.30 bits per heavy atom. The minimum absolute atomic E-state index is 0.103. The first-order chi connectivity index (χ1) is 14.0. The lowest BCUT2D eigenvalue weighted by molar-refractivity contribution is -0.122. The third-order valence-corrected chi connectivity index (χ3v) is 6.32. The molecule has 2 heterocycles. The van der Waals surface area contributed by atoms with Gasteiger partial charge in [0.25, 0.3) is 22.6 Å².